The largest absolute Gasteiger partial charge is 0.349 e. The molecule has 0 bridgehead atoms. The lowest BCUT2D eigenvalue weighted by Gasteiger charge is -2.12. The molecule has 3 aromatic rings. The van der Waals surface area contributed by atoms with Gasteiger partial charge < -0.3 is 5.32 Å². The van der Waals surface area contributed by atoms with E-state index in [1.54, 1.807) is 30.3 Å². The smallest absolute Gasteiger partial charge is 0.343 e. The first-order valence-electron chi connectivity index (χ1n) is 8.72. The molecule has 0 aliphatic rings. The maximum absolute atomic E-state index is 13.9. The van der Waals surface area contributed by atoms with Crippen molar-refractivity contribution >= 4 is 12.0 Å². The summed E-state index contributed by atoms with van der Waals surface area (Å²) in [5.74, 6) is -8.84. The summed E-state index contributed by atoms with van der Waals surface area (Å²) in [7, 11) is 0. The average Bonchev–Trinajstić information content (AvgIpc) is 3.18. The zero-order valence-corrected chi connectivity index (χ0v) is 15.3. The SMILES string of the molecule is O=C(NCCn1cc(-c2cc(F)c(F)cc2F)nn1)C(F)(F)/C=C/c1ccccc1. The lowest BCUT2D eigenvalue weighted by Crippen LogP contribution is -2.40. The number of halogens is 5. The Morgan fingerprint density at radius 3 is 2.50 bits per heavy atom. The highest BCUT2D eigenvalue weighted by atomic mass is 19.3. The zero-order valence-electron chi connectivity index (χ0n) is 15.3. The van der Waals surface area contributed by atoms with E-state index in [0.717, 1.165) is 10.8 Å². The predicted octanol–water partition coefficient (Wildman–Crippen LogP) is 3.83. The van der Waals surface area contributed by atoms with E-state index in [-0.39, 0.29) is 24.3 Å². The van der Waals surface area contributed by atoms with Gasteiger partial charge in [0.2, 0.25) is 0 Å². The van der Waals surface area contributed by atoms with Crippen molar-refractivity contribution in [1.82, 2.24) is 20.3 Å². The van der Waals surface area contributed by atoms with Gasteiger partial charge in [0.05, 0.1) is 12.7 Å². The molecular formula is C20H15F5N4O. The number of hydrogen-bond donors (Lipinski definition) is 1. The Balaban J connectivity index is 1.57. The number of rotatable bonds is 7. The second-order valence-corrected chi connectivity index (χ2v) is 6.24. The van der Waals surface area contributed by atoms with Crippen LogP contribution in [0.4, 0.5) is 22.0 Å². The summed E-state index contributed by atoms with van der Waals surface area (Å²) in [6, 6.07) is 9.34. The Bertz CT molecular complexity index is 1070. The van der Waals surface area contributed by atoms with Crippen LogP contribution in [0, 0.1) is 17.5 Å². The van der Waals surface area contributed by atoms with Gasteiger partial charge >= 0.3 is 5.92 Å². The summed E-state index contributed by atoms with van der Waals surface area (Å²) >= 11 is 0. The molecule has 1 N–H and O–H groups in total. The molecule has 0 aliphatic carbocycles. The van der Waals surface area contributed by atoms with Crippen molar-refractivity contribution in [3.8, 4) is 11.3 Å². The first kappa shape index (κ1) is 21.2. The van der Waals surface area contributed by atoms with Gasteiger partial charge in [0.15, 0.2) is 11.6 Å². The van der Waals surface area contributed by atoms with Gasteiger partial charge in [0.1, 0.15) is 11.5 Å². The molecule has 5 nitrogen and oxygen atoms in total. The summed E-state index contributed by atoms with van der Waals surface area (Å²) in [5.41, 5.74) is 0.139. The van der Waals surface area contributed by atoms with Gasteiger partial charge in [-0.25, -0.2) is 13.2 Å². The minimum Gasteiger partial charge on any atom is -0.349 e. The van der Waals surface area contributed by atoms with E-state index in [1.165, 1.54) is 6.20 Å². The Labute approximate surface area is 167 Å². The minimum atomic E-state index is -3.72. The van der Waals surface area contributed by atoms with Crippen LogP contribution in [-0.2, 0) is 11.3 Å². The number of amides is 1. The molecule has 0 unspecified atom stereocenters. The zero-order chi connectivity index (χ0) is 21.7. The van der Waals surface area contributed by atoms with Gasteiger partial charge in [0, 0.05) is 18.2 Å². The van der Waals surface area contributed by atoms with Crippen molar-refractivity contribution in [1.29, 1.82) is 0 Å². The fourth-order valence-corrected chi connectivity index (χ4v) is 2.49. The lowest BCUT2D eigenvalue weighted by atomic mass is 10.1. The van der Waals surface area contributed by atoms with Gasteiger partial charge in [-0.3, -0.25) is 9.48 Å². The predicted molar refractivity (Wildman–Crippen MR) is 98.8 cm³/mol. The van der Waals surface area contributed by atoms with Gasteiger partial charge in [-0.2, -0.15) is 8.78 Å². The van der Waals surface area contributed by atoms with E-state index in [9.17, 15) is 26.7 Å². The van der Waals surface area contributed by atoms with Crippen molar-refractivity contribution in [2.75, 3.05) is 6.54 Å². The maximum Gasteiger partial charge on any atom is 0.343 e. The van der Waals surface area contributed by atoms with Crippen LogP contribution in [0.3, 0.4) is 0 Å². The molecule has 0 saturated heterocycles. The third-order valence-corrected chi connectivity index (χ3v) is 4.04. The van der Waals surface area contributed by atoms with Gasteiger partial charge in [0.25, 0.3) is 5.91 Å². The molecule has 0 saturated carbocycles. The molecule has 10 heteroatoms. The molecule has 0 fully saturated rings. The summed E-state index contributed by atoms with van der Waals surface area (Å²) < 4.78 is 69.1. The second kappa shape index (κ2) is 8.85. The molecule has 1 heterocycles. The molecule has 30 heavy (non-hydrogen) atoms. The molecule has 1 aromatic heterocycles. The summed E-state index contributed by atoms with van der Waals surface area (Å²) in [6.07, 6.45) is 2.85. The van der Waals surface area contributed by atoms with Gasteiger partial charge in [-0.15, -0.1) is 5.10 Å². The Morgan fingerprint density at radius 2 is 1.77 bits per heavy atom. The topological polar surface area (TPSA) is 59.8 Å². The standard InChI is InChI=1S/C20H15F5N4O/c21-15-11-17(23)16(22)10-14(15)18-12-29(28-27-18)9-8-26-19(30)20(24,25)7-6-13-4-2-1-3-5-13/h1-7,10-12H,8-9H2,(H,26,30)/b7-6+. The van der Waals surface area contributed by atoms with E-state index >= 15 is 0 Å². The first-order chi connectivity index (χ1) is 14.3. The molecule has 156 valence electrons. The quantitative estimate of drug-likeness (QED) is 0.465. The number of carbonyl (C=O) groups is 1. The summed E-state index contributed by atoms with van der Waals surface area (Å²) in [4.78, 5) is 11.7. The van der Waals surface area contributed by atoms with Gasteiger partial charge in [-0.1, -0.05) is 41.6 Å². The lowest BCUT2D eigenvalue weighted by molar-refractivity contribution is -0.139. The van der Waals surface area contributed by atoms with Crippen molar-refractivity contribution in [3.05, 3.63) is 77.8 Å². The summed E-state index contributed by atoms with van der Waals surface area (Å²) in [6.45, 7) is -0.265. The molecule has 2 aromatic carbocycles. The molecule has 0 spiro atoms. The van der Waals surface area contributed by atoms with Crippen LogP contribution in [0.1, 0.15) is 5.56 Å². The normalized spacial score (nSPS) is 11.8. The third kappa shape index (κ3) is 5.07. The molecule has 1 amide bonds. The van der Waals surface area contributed by atoms with Crippen LogP contribution in [0.5, 0.6) is 0 Å². The van der Waals surface area contributed by atoms with Crippen LogP contribution in [-0.4, -0.2) is 33.4 Å². The van der Waals surface area contributed by atoms with E-state index in [0.29, 0.717) is 23.8 Å². The number of alkyl halides is 2. The van der Waals surface area contributed by atoms with Crippen molar-refractivity contribution in [3.63, 3.8) is 0 Å². The van der Waals surface area contributed by atoms with Crippen LogP contribution in [0.2, 0.25) is 0 Å². The second-order valence-electron chi connectivity index (χ2n) is 6.24. The highest BCUT2D eigenvalue weighted by molar-refractivity contribution is 5.86. The van der Waals surface area contributed by atoms with E-state index in [1.807, 2.05) is 0 Å². The average molecular weight is 422 g/mol. The maximum atomic E-state index is 13.9. The van der Waals surface area contributed by atoms with Crippen molar-refractivity contribution in [2.24, 2.45) is 0 Å². The molecule has 0 atom stereocenters. The fourth-order valence-electron chi connectivity index (χ4n) is 2.49. The van der Waals surface area contributed by atoms with Crippen LogP contribution >= 0.6 is 0 Å². The summed E-state index contributed by atoms with van der Waals surface area (Å²) in [5, 5.41) is 9.36. The molecule has 0 radical (unpaired) electrons. The van der Waals surface area contributed by atoms with Crippen molar-refractivity contribution in [2.45, 2.75) is 12.5 Å². The highest BCUT2D eigenvalue weighted by Gasteiger charge is 2.35. The van der Waals surface area contributed by atoms with Gasteiger partial charge in [-0.05, 0) is 17.7 Å². The van der Waals surface area contributed by atoms with Crippen LogP contribution in [0.25, 0.3) is 17.3 Å². The third-order valence-electron chi connectivity index (χ3n) is 4.04. The number of nitrogens with one attached hydrogen (secondary N) is 1. The monoisotopic (exact) mass is 422 g/mol. The minimum absolute atomic E-state index is 0.0531. The van der Waals surface area contributed by atoms with E-state index in [2.05, 4.69) is 15.6 Å². The molecule has 0 aliphatic heterocycles. The molecule has 3 rings (SSSR count). The Kier molecular flexibility index (Phi) is 6.24. The number of carbonyl (C=O) groups excluding carboxylic acids is 1. The van der Waals surface area contributed by atoms with Crippen molar-refractivity contribution < 1.29 is 26.7 Å². The first-order valence-corrected chi connectivity index (χ1v) is 8.72. The Morgan fingerprint density at radius 1 is 1.07 bits per heavy atom. The number of aromatic nitrogens is 3. The fraction of sp³-hybridized carbons (Fsp3) is 0.150. The van der Waals surface area contributed by atoms with E-state index in [4.69, 9.17) is 0 Å². The van der Waals surface area contributed by atoms with Crippen LogP contribution in [0.15, 0.2) is 54.7 Å². The van der Waals surface area contributed by atoms with Crippen LogP contribution < -0.4 is 5.32 Å². The number of nitrogens with zero attached hydrogens (tertiary/aromatic N) is 3. The Hall–Kier alpha value is -3.56. The molecular weight excluding hydrogens is 407 g/mol. The number of hydrogen-bond acceptors (Lipinski definition) is 3. The number of benzene rings is 2. The highest BCUT2D eigenvalue weighted by Crippen LogP contribution is 2.23. The van der Waals surface area contributed by atoms with E-state index < -0.39 is 29.3 Å².